The third kappa shape index (κ3) is 6.26. The Morgan fingerprint density at radius 2 is 1.93 bits per heavy atom. The predicted octanol–water partition coefficient (Wildman–Crippen LogP) is 3.64. The van der Waals surface area contributed by atoms with Gasteiger partial charge >= 0.3 is 0 Å². The van der Waals surface area contributed by atoms with E-state index < -0.39 is 16.1 Å². The number of sulfonamides is 1. The minimum Gasteiger partial charge on any atom is -0.494 e. The van der Waals surface area contributed by atoms with Crippen molar-refractivity contribution in [2.75, 3.05) is 23.7 Å². The van der Waals surface area contributed by atoms with Crippen LogP contribution in [0.15, 0.2) is 35.9 Å². The second-order valence-corrected chi connectivity index (χ2v) is 8.92. The standard InChI is InChI=1S/C21H32N2O4S/c1-4-20(21(24)22-16-15-17-9-7-6-8-10-17)23(28(3,25)26)18-11-13-19(14-12-18)27-5-2/h9,11-14,20H,4-8,10,15-16H2,1-3H3,(H,22,24)/t20-/m1/s1. The summed E-state index contributed by atoms with van der Waals surface area (Å²) in [5.41, 5.74) is 1.84. The molecule has 6 nitrogen and oxygen atoms in total. The van der Waals surface area contributed by atoms with E-state index in [0.29, 0.717) is 31.0 Å². The largest absolute Gasteiger partial charge is 0.494 e. The molecule has 1 aromatic carbocycles. The molecule has 2 rings (SSSR count). The molecule has 1 atom stereocenters. The zero-order valence-corrected chi connectivity index (χ0v) is 17.9. The Hall–Kier alpha value is -2.02. The summed E-state index contributed by atoms with van der Waals surface area (Å²) in [6.07, 6.45) is 9.24. The Balaban J connectivity index is 2.10. The van der Waals surface area contributed by atoms with Gasteiger partial charge in [-0.3, -0.25) is 9.10 Å². The van der Waals surface area contributed by atoms with Gasteiger partial charge in [0.25, 0.3) is 0 Å². The normalized spacial score (nSPS) is 15.5. The van der Waals surface area contributed by atoms with Crippen molar-refractivity contribution in [2.24, 2.45) is 0 Å². The Bertz CT molecular complexity index is 772. The average Bonchev–Trinajstić information content (AvgIpc) is 2.67. The molecule has 0 aliphatic heterocycles. The van der Waals surface area contributed by atoms with Gasteiger partial charge in [-0.15, -0.1) is 0 Å². The molecule has 1 aliphatic carbocycles. The van der Waals surface area contributed by atoms with Crippen molar-refractivity contribution in [1.29, 1.82) is 0 Å². The van der Waals surface area contributed by atoms with Crippen LogP contribution in [0.5, 0.6) is 5.75 Å². The molecule has 0 saturated carbocycles. The minimum atomic E-state index is -3.62. The van der Waals surface area contributed by atoms with Crippen molar-refractivity contribution in [3.8, 4) is 5.75 Å². The zero-order chi connectivity index (χ0) is 20.6. The summed E-state index contributed by atoms with van der Waals surface area (Å²) < 4.78 is 31.6. The lowest BCUT2D eigenvalue weighted by Gasteiger charge is -2.30. The molecule has 7 heteroatoms. The van der Waals surface area contributed by atoms with Gasteiger partial charge in [-0.1, -0.05) is 18.6 Å². The first kappa shape index (κ1) is 22.3. The zero-order valence-electron chi connectivity index (χ0n) is 17.1. The molecule has 28 heavy (non-hydrogen) atoms. The highest BCUT2D eigenvalue weighted by Crippen LogP contribution is 2.25. The van der Waals surface area contributed by atoms with E-state index in [1.165, 1.54) is 22.7 Å². The number of hydrogen-bond donors (Lipinski definition) is 1. The number of amides is 1. The van der Waals surface area contributed by atoms with Crippen molar-refractivity contribution in [3.63, 3.8) is 0 Å². The number of allylic oxidation sites excluding steroid dienone is 1. The molecule has 0 fully saturated rings. The molecule has 1 aromatic rings. The summed E-state index contributed by atoms with van der Waals surface area (Å²) in [5.74, 6) is 0.399. The van der Waals surface area contributed by atoms with Gasteiger partial charge in [0.2, 0.25) is 15.9 Å². The van der Waals surface area contributed by atoms with Gasteiger partial charge in [0.1, 0.15) is 11.8 Å². The first-order valence-corrected chi connectivity index (χ1v) is 11.9. The van der Waals surface area contributed by atoms with E-state index in [0.717, 1.165) is 25.5 Å². The monoisotopic (exact) mass is 408 g/mol. The van der Waals surface area contributed by atoms with Gasteiger partial charge in [0.05, 0.1) is 18.6 Å². The summed E-state index contributed by atoms with van der Waals surface area (Å²) >= 11 is 0. The molecule has 0 radical (unpaired) electrons. The van der Waals surface area contributed by atoms with Crippen LogP contribution in [0.3, 0.4) is 0 Å². The number of nitrogens with zero attached hydrogens (tertiary/aromatic N) is 1. The quantitative estimate of drug-likeness (QED) is 0.600. The van der Waals surface area contributed by atoms with Gasteiger partial charge in [-0.05, 0) is 69.7 Å². The predicted molar refractivity (Wildman–Crippen MR) is 113 cm³/mol. The van der Waals surface area contributed by atoms with Crippen molar-refractivity contribution >= 4 is 21.6 Å². The first-order valence-electron chi connectivity index (χ1n) is 10.0. The van der Waals surface area contributed by atoms with Crippen LogP contribution >= 0.6 is 0 Å². The van der Waals surface area contributed by atoms with Crippen molar-refractivity contribution in [1.82, 2.24) is 5.32 Å². The molecule has 1 amide bonds. The number of carbonyl (C=O) groups is 1. The number of benzene rings is 1. The van der Waals surface area contributed by atoms with Crippen LogP contribution in [0.2, 0.25) is 0 Å². The molecular weight excluding hydrogens is 376 g/mol. The Labute approximate surface area is 169 Å². The van der Waals surface area contributed by atoms with Crippen LogP contribution < -0.4 is 14.4 Å². The summed E-state index contributed by atoms with van der Waals surface area (Å²) in [6.45, 7) is 4.77. The Morgan fingerprint density at radius 3 is 2.46 bits per heavy atom. The van der Waals surface area contributed by atoms with Crippen LogP contribution in [-0.2, 0) is 14.8 Å². The topological polar surface area (TPSA) is 75.7 Å². The smallest absolute Gasteiger partial charge is 0.243 e. The maximum absolute atomic E-state index is 12.8. The molecule has 0 unspecified atom stereocenters. The van der Waals surface area contributed by atoms with Gasteiger partial charge in [-0.25, -0.2) is 8.42 Å². The highest BCUT2D eigenvalue weighted by atomic mass is 32.2. The highest BCUT2D eigenvalue weighted by molar-refractivity contribution is 7.92. The van der Waals surface area contributed by atoms with E-state index in [2.05, 4.69) is 11.4 Å². The molecule has 1 N–H and O–H groups in total. The molecule has 156 valence electrons. The second kappa shape index (κ2) is 10.5. The molecule has 0 bridgehead atoms. The fourth-order valence-corrected chi connectivity index (χ4v) is 4.72. The number of rotatable bonds is 10. The molecule has 0 saturated heterocycles. The van der Waals surface area contributed by atoms with E-state index in [-0.39, 0.29) is 5.91 Å². The molecule has 0 aromatic heterocycles. The second-order valence-electron chi connectivity index (χ2n) is 7.06. The van der Waals surface area contributed by atoms with Crippen LogP contribution in [0.25, 0.3) is 0 Å². The maximum Gasteiger partial charge on any atom is 0.243 e. The number of hydrogen-bond acceptors (Lipinski definition) is 4. The molecule has 0 heterocycles. The fourth-order valence-electron chi connectivity index (χ4n) is 3.51. The summed E-state index contributed by atoms with van der Waals surface area (Å²) in [5, 5.41) is 2.92. The third-order valence-electron chi connectivity index (χ3n) is 4.86. The third-order valence-corrected chi connectivity index (χ3v) is 6.04. The minimum absolute atomic E-state index is 0.266. The summed E-state index contributed by atoms with van der Waals surface area (Å²) in [4.78, 5) is 12.8. The maximum atomic E-state index is 12.8. The van der Waals surface area contributed by atoms with Gasteiger partial charge in [0, 0.05) is 6.54 Å². The van der Waals surface area contributed by atoms with Crippen molar-refractivity contribution in [3.05, 3.63) is 35.9 Å². The van der Waals surface area contributed by atoms with Crippen LogP contribution in [-0.4, -0.2) is 39.8 Å². The van der Waals surface area contributed by atoms with Gasteiger partial charge < -0.3 is 10.1 Å². The van der Waals surface area contributed by atoms with E-state index >= 15 is 0 Å². The Morgan fingerprint density at radius 1 is 1.21 bits per heavy atom. The van der Waals surface area contributed by atoms with E-state index in [1.807, 2.05) is 13.8 Å². The average molecular weight is 409 g/mol. The molecular formula is C21H32N2O4S. The van der Waals surface area contributed by atoms with Crippen molar-refractivity contribution < 1.29 is 17.9 Å². The number of nitrogens with one attached hydrogen (secondary N) is 1. The molecule has 0 spiro atoms. The lowest BCUT2D eigenvalue weighted by Crippen LogP contribution is -2.49. The first-order chi connectivity index (χ1) is 13.4. The van der Waals surface area contributed by atoms with Crippen LogP contribution in [0.1, 0.15) is 52.4 Å². The van der Waals surface area contributed by atoms with Gasteiger partial charge in [0.15, 0.2) is 0 Å². The molecule has 1 aliphatic rings. The number of ether oxygens (including phenoxy) is 1. The van der Waals surface area contributed by atoms with E-state index in [4.69, 9.17) is 4.74 Å². The Kier molecular flexibility index (Phi) is 8.35. The number of carbonyl (C=O) groups excluding carboxylic acids is 1. The van der Waals surface area contributed by atoms with Crippen LogP contribution in [0, 0.1) is 0 Å². The number of anilines is 1. The lowest BCUT2D eigenvalue weighted by molar-refractivity contribution is -0.122. The summed E-state index contributed by atoms with van der Waals surface area (Å²) in [7, 11) is -3.62. The van der Waals surface area contributed by atoms with Crippen molar-refractivity contribution in [2.45, 2.75) is 58.4 Å². The van der Waals surface area contributed by atoms with Gasteiger partial charge in [-0.2, -0.15) is 0 Å². The highest BCUT2D eigenvalue weighted by Gasteiger charge is 2.31. The summed E-state index contributed by atoms with van der Waals surface area (Å²) in [6, 6.07) is 6.01. The fraction of sp³-hybridized carbons (Fsp3) is 0.571. The SMILES string of the molecule is CCOc1ccc(N([C@H](CC)C(=O)NCCC2=CCCCC2)S(C)(=O)=O)cc1. The van der Waals surface area contributed by atoms with E-state index in [9.17, 15) is 13.2 Å². The lowest BCUT2D eigenvalue weighted by atomic mass is 9.97. The van der Waals surface area contributed by atoms with E-state index in [1.54, 1.807) is 24.3 Å². The van der Waals surface area contributed by atoms with Crippen LogP contribution in [0.4, 0.5) is 5.69 Å².